The Morgan fingerprint density at radius 2 is 1.82 bits per heavy atom. The minimum atomic E-state index is -4.44. The average molecular weight is 330 g/mol. The standard InChI is InChI=1S/C12H16F6N4/c1-2-22-9(6-11(13,14)15)19-20-10(22)21-5-3-4-8(7-21)12(16,17)18/h8H,2-7H2,1H3. The van der Waals surface area contributed by atoms with Gasteiger partial charge in [-0.25, -0.2) is 0 Å². The smallest absolute Gasteiger partial charge is 0.340 e. The summed E-state index contributed by atoms with van der Waals surface area (Å²) in [5.74, 6) is -1.69. The highest BCUT2D eigenvalue weighted by molar-refractivity contribution is 5.32. The van der Waals surface area contributed by atoms with Crippen molar-refractivity contribution in [2.75, 3.05) is 18.0 Å². The first-order valence-electron chi connectivity index (χ1n) is 6.92. The largest absolute Gasteiger partial charge is 0.396 e. The first-order valence-corrected chi connectivity index (χ1v) is 6.92. The number of halogens is 6. The van der Waals surface area contributed by atoms with Crippen molar-refractivity contribution in [3.05, 3.63) is 5.82 Å². The van der Waals surface area contributed by atoms with Gasteiger partial charge in [0.2, 0.25) is 5.95 Å². The molecule has 10 heteroatoms. The topological polar surface area (TPSA) is 34.0 Å². The normalized spacial score (nSPS) is 20.5. The van der Waals surface area contributed by atoms with Crippen molar-refractivity contribution in [3.8, 4) is 0 Å². The summed E-state index contributed by atoms with van der Waals surface area (Å²) in [6.45, 7) is 1.81. The van der Waals surface area contributed by atoms with Gasteiger partial charge in [0, 0.05) is 19.6 Å². The molecule has 0 amide bonds. The molecule has 4 nitrogen and oxygen atoms in total. The molecule has 1 saturated heterocycles. The fourth-order valence-corrected chi connectivity index (χ4v) is 2.62. The zero-order valence-electron chi connectivity index (χ0n) is 11.9. The summed E-state index contributed by atoms with van der Waals surface area (Å²) in [5, 5.41) is 7.19. The van der Waals surface area contributed by atoms with Gasteiger partial charge < -0.3 is 4.90 Å². The molecule has 1 aromatic rings. The molecule has 0 aliphatic carbocycles. The maximum Gasteiger partial charge on any atom is 0.396 e. The Kier molecular flexibility index (Phi) is 4.57. The van der Waals surface area contributed by atoms with Gasteiger partial charge in [0.25, 0.3) is 0 Å². The highest BCUT2D eigenvalue weighted by atomic mass is 19.4. The van der Waals surface area contributed by atoms with Crippen LogP contribution in [0.3, 0.4) is 0 Å². The molecule has 0 spiro atoms. The van der Waals surface area contributed by atoms with Crippen LogP contribution in [0.4, 0.5) is 32.3 Å². The Morgan fingerprint density at radius 1 is 1.14 bits per heavy atom. The molecule has 1 aliphatic rings. The van der Waals surface area contributed by atoms with Crippen molar-refractivity contribution in [3.63, 3.8) is 0 Å². The van der Waals surface area contributed by atoms with E-state index in [-0.39, 0.29) is 31.3 Å². The molecule has 1 atom stereocenters. The van der Waals surface area contributed by atoms with E-state index in [2.05, 4.69) is 10.2 Å². The van der Waals surface area contributed by atoms with Crippen molar-refractivity contribution in [2.24, 2.45) is 5.92 Å². The third kappa shape index (κ3) is 3.83. The lowest BCUT2D eigenvalue weighted by Gasteiger charge is -2.34. The maximum atomic E-state index is 12.8. The molecule has 126 valence electrons. The van der Waals surface area contributed by atoms with E-state index in [1.54, 1.807) is 6.92 Å². The van der Waals surface area contributed by atoms with Crippen molar-refractivity contribution < 1.29 is 26.3 Å². The van der Waals surface area contributed by atoms with E-state index < -0.39 is 24.7 Å². The van der Waals surface area contributed by atoms with Crippen molar-refractivity contribution >= 4 is 5.95 Å². The summed E-state index contributed by atoms with van der Waals surface area (Å²) >= 11 is 0. The quantitative estimate of drug-likeness (QED) is 0.798. The molecule has 22 heavy (non-hydrogen) atoms. The van der Waals surface area contributed by atoms with Gasteiger partial charge in [0.15, 0.2) is 0 Å². The van der Waals surface area contributed by atoms with Gasteiger partial charge in [0.1, 0.15) is 12.2 Å². The molecule has 2 heterocycles. The molecule has 0 aromatic carbocycles. The molecule has 2 rings (SSSR count). The van der Waals surface area contributed by atoms with Crippen LogP contribution in [-0.2, 0) is 13.0 Å². The van der Waals surface area contributed by atoms with Gasteiger partial charge in [-0.1, -0.05) is 0 Å². The van der Waals surface area contributed by atoms with E-state index >= 15 is 0 Å². The van der Waals surface area contributed by atoms with Crippen molar-refractivity contribution in [2.45, 2.75) is 45.1 Å². The number of hydrogen-bond acceptors (Lipinski definition) is 3. The van der Waals surface area contributed by atoms with Crippen LogP contribution in [0.2, 0.25) is 0 Å². The molecule has 0 saturated carbocycles. The molecule has 1 aliphatic heterocycles. The van der Waals surface area contributed by atoms with Crippen molar-refractivity contribution in [1.29, 1.82) is 0 Å². The molecular weight excluding hydrogens is 314 g/mol. The van der Waals surface area contributed by atoms with Crippen LogP contribution < -0.4 is 4.90 Å². The Bertz CT molecular complexity index is 507. The predicted molar refractivity (Wildman–Crippen MR) is 66.4 cm³/mol. The Balaban J connectivity index is 2.21. The second-order valence-electron chi connectivity index (χ2n) is 5.28. The van der Waals surface area contributed by atoms with Crippen LogP contribution >= 0.6 is 0 Å². The lowest BCUT2D eigenvalue weighted by Crippen LogP contribution is -2.43. The summed E-state index contributed by atoms with van der Waals surface area (Å²) in [6, 6.07) is 0. The van der Waals surface area contributed by atoms with Crippen LogP contribution in [0.25, 0.3) is 0 Å². The Hall–Kier alpha value is -1.48. The third-order valence-electron chi connectivity index (χ3n) is 3.65. The number of rotatable bonds is 3. The highest BCUT2D eigenvalue weighted by Crippen LogP contribution is 2.34. The van der Waals surface area contributed by atoms with E-state index in [0.29, 0.717) is 13.0 Å². The minimum absolute atomic E-state index is 0.0235. The maximum absolute atomic E-state index is 12.8. The Labute approximate surface area is 123 Å². The molecule has 1 unspecified atom stereocenters. The van der Waals surface area contributed by atoms with Gasteiger partial charge in [-0.2, -0.15) is 26.3 Å². The summed E-state index contributed by atoms with van der Waals surface area (Å²) in [6.07, 6.45) is -9.66. The van der Waals surface area contributed by atoms with E-state index in [0.717, 1.165) is 0 Å². The molecule has 1 aromatic heterocycles. The first kappa shape index (κ1) is 16.9. The van der Waals surface area contributed by atoms with E-state index in [9.17, 15) is 26.3 Å². The van der Waals surface area contributed by atoms with E-state index in [4.69, 9.17) is 0 Å². The molecular formula is C12H16F6N4. The molecule has 1 fully saturated rings. The number of piperidine rings is 1. The fraction of sp³-hybridized carbons (Fsp3) is 0.833. The molecule has 0 radical (unpaired) electrons. The van der Waals surface area contributed by atoms with Crippen LogP contribution in [-0.4, -0.2) is 40.2 Å². The summed E-state index contributed by atoms with van der Waals surface area (Å²) in [7, 11) is 0. The van der Waals surface area contributed by atoms with Gasteiger partial charge in [-0.3, -0.25) is 4.57 Å². The van der Waals surface area contributed by atoms with E-state index in [1.807, 2.05) is 0 Å². The lowest BCUT2D eigenvalue weighted by atomic mass is 9.98. The predicted octanol–water partition coefficient (Wildman–Crippen LogP) is 3.18. The number of aromatic nitrogens is 3. The molecule has 0 N–H and O–H groups in total. The van der Waals surface area contributed by atoms with Gasteiger partial charge >= 0.3 is 12.4 Å². The van der Waals surface area contributed by atoms with Crippen LogP contribution in [0, 0.1) is 5.92 Å². The zero-order valence-corrected chi connectivity index (χ0v) is 11.9. The van der Waals surface area contributed by atoms with Crippen LogP contribution in [0.5, 0.6) is 0 Å². The zero-order chi connectivity index (χ0) is 16.5. The average Bonchev–Trinajstić information content (AvgIpc) is 2.78. The van der Waals surface area contributed by atoms with Gasteiger partial charge in [-0.05, 0) is 19.8 Å². The van der Waals surface area contributed by atoms with Crippen molar-refractivity contribution in [1.82, 2.24) is 14.8 Å². The number of alkyl halides is 6. The van der Waals surface area contributed by atoms with E-state index in [1.165, 1.54) is 9.47 Å². The monoisotopic (exact) mass is 330 g/mol. The summed E-state index contributed by atoms with van der Waals surface area (Å²) < 4.78 is 77.1. The van der Waals surface area contributed by atoms with Crippen LogP contribution in [0.15, 0.2) is 0 Å². The minimum Gasteiger partial charge on any atom is -0.340 e. The summed E-state index contributed by atoms with van der Waals surface area (Å²) in [4.78, 5) is 1.37. The SMILES string of the molecule is CCn1c(CC(F)(F)F)nnc1N1CCCC(C(F)(F)F)C1. The first-order chi connectivity index (χ1) is 10.1. The number of nitrogens with zero attached hydrogens (tertiary/aromatic N) is 4. The number of hydrogen-bond donors (Lipinski definition) is 0. The Morgan fingerprint density at radius 3 is 2.36 bits per heavy atom. The fourth-order valence-electron chi connectivity index (χ4n) is 2.62. The second-order valence-corrected chi connectivity index (χ2v) is 5.28. The third-order valence-corrected chi connectivity index (χ3v) is 3.65. The second kappa shape index (κ2) is 5.96. The highest BCUT2D eigenvalue weighted by Gasteiger charge is 2.42. The summed E-state index contributed by atoms with van der Waals surface area (Å²) in [5.41, 5.74) is 0. The number of anilines is 1. The van der Waals surface area contributed by atoms with Gasteiger partial charge in [-0.15, -0.1) is 10.2 Å². The molecule has 0 bridgehead atoms. The van der Waals surface area contributed by atoms with Gasteiger partial charge in [0.05, 0.1) is 5.92 Å². The lowest BCUT2D eigenvalue weighted by molar-refractivity contribution is -0.176. The van der Waals surface area contributed by atoms with Crippen LogP contribution in [0.1, 0.15) is 25.6 Å².